The molecule has 2 atom stereocenters. The third kappa shape index (κ3) is 1.38. The average Bonchev–Trinajstić information content (AvgIpc) is 2.23. The number of rotatable bonds is 0. The molecular weight excluding hydrogens is 178 g/mol. The molecule has 78 valence electrons. The van der Waals surface area contributed by atoms with E-state index in [4.69, 9.17) is 5.73 Å². The van der Waals surface area contributed by atoms with Crippen molar-refractivity contribution in [2.24, 2.45) is 22.6 Å². The van der Waals surface area contributed by atoms with Gasteiger partial charge in [-0.25, -0.2) is 4.99 Å². The highest BCUT2D eigenvalue weighted by Gasteiger charge is 2.47. The van der Waals surface area contributed by atoms with Crippen LogP contribution in [0.25, 0.3) is 0 Å². The van der Waals surface area contributed by atoms with E-state index < -0.39 is 5.54 Å². The van der Waals surface area contributed by atoms with Crippen molar-refractivity contribution < 1.29 is 4.79 Å². The molecule has 3 N–H and O–H groups in total. The van der Waals surface area contributed by atoms with Gasteiger partial charge in [-0.15, -0.1) is 0 Å². The first-order valence-corrected chi connectivity index (χ1v) is 5.18. The van der Waals surface area contributed by atoms with Gasteiger partial charge in [0.25, 0.3) is 5.91 Å². The number of guanidine groups is 1. The number of nitrogens with two attached hydrogens (primary N) is 1. The summed E-state index contributed by atoms with van der Waals surface area (Å²) in [6.45, 7) is 4.35. The van der Waals surface area contributed by atoms with Crippen molar-refractivity contribution in [3.05, 3.63) is 0 Å². The molecule has 14 heavy (non-hydrogen) atoms. The zero-order valence-electron chi connectivity index (χ0n) is 8.71. The number of carbonyl (C=O) groups excluding carboxylic acids is 1. The monoisotopic (exact) mass is 195 g/mol. The van der Waals surface area contributed by atoms with Crippen molar-refractivity contribution in [3.63, 3.8) is 0 Å². The SMILES string of the molecule is CC1CC(C)CC2(C1)N=C(N)NC2=O. The predicted molar refractivity (Wildman–Crippen MR) is 54.7 cm³/mol. The Bertz CT molecular complexity index is 288. The van der Waals surface area contributed by atoms with E-state index in [1.807, 2.05) is 0 Å². The zero-order chi connectivity index (χ0) is 10.3. The molecule has 0 aromatic rings. The van der Waals surface area contributed by atoms with Crippen LogP contribution < -0.4 is 11.1 Å². The number of nitrogens with zero attached hydrogens (tertiary/aromatic N) is 1. The standard InChI is InChI=1S/C10H17N3O/c1-6-3-7(2)5-10(4-6)8(14)12-9(11)13-10/h6-7H,3-5H2,1-2H3,(H3,11,12,13,14). The van der Waals surface area contributed by atoms with Crippen LogP contribution >= 0.6 is 0 Å². The fourth-order valence-corrected chi connectivity index (χ4v) is 2.91. The van der Waals surface area contributed by atoms with Crippen molar-refractivity contribution in [2.45, 2.75) is 38.6 Å². The van der Waals surface area contributed by atoms with Crippen LogP contribution in [0.3, 0.4) is 0 Å². The van der Waals surface area contributed by atoms with Crippen LogP contribution in [0, 0.1) is 11.8 Å². The molecule has 1 aliphatic carbocycles. The minimum atomic E-state index is -0.541. The van der Waals surface area contributed by atoms with Crippen LogP contribution in [0.1, 0.15) is 33.1 Å². The molecule has 4 heteroatoms. The second-order valence-corrected chi connectivity index (χ2v) is 4.84. The zero-order valence-corrected chi connectivity index (χ0v) is 8.71. The number of hydrogen-bond acceptors (Lipinski definition) is 3. The lowest BCUT2D eigenvalue weighted by Gasteiger charge is -2.35. The topological polar surface area (TPSA) is 67.5 Å². The van der Waals surface area contributed by atoms with Crippen LogP contribution in [0.15, 0.2) is 4.99 Å². The van der Waals surface area contributed by atoms with Crippen LogP contribution in [-0.4, -0.2) is 17.4 Å². The molecule has 4 nitrogen and oxygen atoms in total. The number of nitrogens with one attached hydrogen (secondary N) is 1. The van der Waals surface area contributed by atoms with Crippen LogP contribution in [0.5, 0.6) is 0 Å². The third-order valence-corrected chi connectivity index (χ3v) is 3.18. The second-order valence-electron chi connectivity index (χ2n) is 4.84. The van der Waals surface area contributed by atoms with Gasteiger partial charge in [-0.1, -0.05) is 13.8 Å². The van der Waals surface area contributed by atoms with E-state index in [0.717, 1.165) is 12.8 Å². The molecule has 0 aromatic heterocycles. The molecule has 2 unspecified atom stereocenters. The van der Waals surface area contributed by atoms with Crippen molar-refractivity contribution in [1.29, 1.82) is 0 Å². The van der Waals surface area contributed by atoms with Gasteiger partial charge in [-0.05, 0) is 31.1 Å². The maximum absolute atomic E-state index is 11.7. The van der Waals surface area contributed by atoms with Crippen molar-refractivity contribution >= 4 is 11.9 Å². The van der Waals surface area contributed by atoms with Crippen molar-refractivity contribution in [1.82, 2.24) is 5.32 Å². The van der Waals surface area contributed by atoms with Gasteiger partial charge in [0.1, 0.15) is 5.54 Å². The van der Waals surface area contributed by atoms with E-state index in [0.29, 0.717) is 11.8 Å². The van der Waals surface area contributed by atoms with Gasteiger partial charge < -0.3 is 5.73 Å². The quantitative estimate of drug-likeness (QED) is 0.595. The lowest BCUT2D eigenvalue weighted by Crippen LogP contribution is -2.45. The van der Waals surface area contributed by atoms with Gasteiger partial charge in [0, 0.05) is 0 Å². The normalized spacial score (nSPS) is 42.4. The Morgan fingerprint density at radius 1 is 1.43 bits per heavy atom. The summed E-state index contributed by atoms with van der Waals surface area (Å²) in [7, 11) is 0. The summed E-state index contributed by atoms with van der Waals surface area (Å²) in [6.07, 6.45) is 2.86. The Kier molecular flexibility index (Phi) is 2.01. The summed E-state index contributed by atoms with van der Waals surface area (Å²) in [4.78, 5) is 16.0. The Hall–Kier alpha value is -1.06. The largest absolute Gasteiger partial charge is 0.370 e. The van der Waals surface area contributed by atoms with Crippen LogP contribution in [-0.2, 0) is 4.79 Å². The molecule has 0 bridgehead atoms. The fraction of sp³-hybridized carbons (Fsp3) is 0.800. The summed E-state index contributed by atoms with van der Waals surface area (Å²) in [5, 5.41) is 2.61. The molecule has 1 saturated carbocycles. The van der Waals surface area contributed by atoms with E-state index in [1.54, 1.807) is 0 Å². The Morgan fingerprint density at radius 2 is 2.00 bits per heavy atom. The van der Waals surface area contributed by atoms with E-state index in [1.165, 1.54) is 6.42 Å². The molecular formula is C10H17N3O. The van der Waals surface area contributed by atoms with E-state index in [-0.39, 0.29) is 11.9 Å². The van der Waals surface area contributed by atoms with E-state index in [9.17, 15) is 4.79 Å². The molecule has 1 amide bonds. The lowest BCUT2D eigenvalue weighted by atomic mass is 9.72. The minimum absolute atomic E-state index is 0.00611. The maximum Gasteiger partial charge on any atom is 0.254 e. The highest BCUT2D eigenvalue weighted by molar-refractivity contribution is 6.06. The molecule has 1 spiro atoms. The smallest absolute Gasteiger partial charge is 0.254 e. The molecule has 1 aliphatic heterocycles. The van der Waals surface area contributed by atoms with Gasteiger partial charge in [-0.2, -0.15) is 0 Å². The number of amides is 1. The first kappa shape index (κ1) is 9.49. The van der Waals surface area contributed by atoms with E-state index >= 15 is 0 Å². The van der Waals surface area contributed by atoms with Gasteiger partial charge in [0.15, 0.2) is 5.96 Å². The first-order valence-electron chi connectivity index (χ1n) is 5.18. The lowest BCUT2D eigenvalue weighted by molar-refractivity contribution is -0.125. The first-order chi connectivity index (χ1) is 6.52. The maximum atomic E-state index is 11.7. The Morgan fingerprint density at radius 3 is 2.43 bits per heavy atom. The summed E-state index contributed by atoms with van der Waals surface area (Å²) in [6, 6.07) is 0. The van der Waals surface area contributed by atoms with Crippen LogP contribution in [0.2, 0.25) is 0 Å². The van der Waals surface area contributed by atoms with E-state index in [2.05, 4.69) is 24.2 Å². The highest BCUT2D eigenvalue weighted by atomic mass is 16.2. The summed E-state index contributed by atoms with van der Waals surface area (Å²) in [5.74, 6) is 1.39. The number of hydrogen-bond donors (Lipinski definition) is 2. The number of carbonyl (C=O) groups is 1. The summed E-state index contributed by atoms with van der Waals surface area (Å²) >= 11 is 0. The summed E-state index contributed by atoms with van der Waals surface area (Å²) < 4.78 is 0. The predicted octanol–water partition coefficient (Wildman–Crippen LogP) is 0.626. The minimum Gasteiger partial charge on any atom is -0.370 e. The highest BCUT2D eigenvalue weighted by Crippen LogP contribution is 2.40. The Balaban J connectivity index is 2.26. The van der Waals surface area contributed by atoms with Gasteiger partial charge in [-0.3, -0.25) is 10.1 Å². The Labute approximate surface area is 84.0 Å². The molecule has 1 fully saturated rings. The third-order valence-electron chi connectivity index (χ3n) is 3.18. The molecule has 0 saturated heterocycles. The van der Waals surface area contributed by atoms with Crippen LogP contribution in [0.4, 0.5) is 0 Å². The molecule has 2 aliphatic rings. The van der Waals surface area contributed by atoms with Gasteiger partial charge in [0.2, 0.25) is 0 Å². The van der Waals surface area contributed by atoms with Gasteiger partial charge >= 0.3 is 0 Å². The average molecular weight is 195 g/mol. The van der Waals surface area contributed by atoms with Crippen molar-refractivity contribution in [3.8, 4) is 0 Å². The molecule has 1 heterocycles. The van der Waals surface area contributed by atoms with Crippen molar-refractivity contribution in [2.75, 3.05) is 0 Å². The second kappa shape index (κ2) is 2.97. The molecule has 0 radical (unpaired) electrons. The molecule has 2 rings (SSSR count). The summed E-state index contributed by atoms with van der Waals surface area (Å²) in [5.41, 5.74) is 5.00. The fourth-order valence-electron chi connectivity index (χ4n) is 2.91. The molecule has 0 aromatic carbocycles. The number of aliphatic imine (C=N–C) groups is 1. The van der Waals surface area contributed by atoms with Gasteiger partial charge in [0.05, 0.1) is 0 Å².